The van der Waals surface area contributed by atoms with Crippen molar-refractivity contribution in [3.63, 3.8) is 0 Å². The average Bonchev–Trinajstić information content (AvgIpc) is 2.82. The summed E-state index contributed by atoms with van der Waals surface area (Å²) in [4.78, 5) is 17.0. The molecule has 2 aromatic carbocycles. The van der Waals surface area contributed by atoms with Crippen LogP contribution in [0, 0.1) is 0 Å². The number of amides is 1. The number of hydrogen-bond acceptors (Lipinski definition) is 5. The Hall–Kier alpha value is -2.58. The summed E-state index contributed by atoms with van der Waals surface area (Å²) in [6.07, 6.45) is 6.30. The van der Waals surface area contributed by atoms with E-state index in [1.54, 1.807) is 55.5 Å². The van der Waals surface area contributed by atoms with E-state index in [4.69, 9.17) is 4.74 Å². The van der Waals surface area contributed by atoms with Crippen LogP contribution in [0.1, 0.15) is 42.5 Å². The summed E-state index contributed by atoms with van der Waals surface area (Å²) in [6, 6.07) is 13.4. The number of carbonyl (C=O) groups excluding carboxylic acids is 1. The maximum atomic E-state index is 12.9. The van der Waals surface area contributed by atoms with Crippen LogP contribution in [0.15, 0.2) is 53.4 Å². The van der Waals surface area contributed by atoms with Gasteiger partial charge < -0.3 is 14.5 Å². The fourth-order valence-corrected chi connectivity index (χ4v) is 5.11. The lowest BCUT2D eigenvalue weighted by Crippen LogP contribution is -2.40. The van der Waals surface area contributed by atoms with Crippen molar-refractivity contribution in [1.29, 1.82) is 0 Å². The summed E-state index contributed by atoms with van der Waals surface area (Å²) in [6.45, 7) is 1.39. The van der Waals surface area contributed by atoms with Crippen LogP contribution >= 0.6 is 0 Å². The first-order valence-corrected chi connectivity index (χ1v) is 12.5. The smallest absolute Gasteiger partial charge is 0.261 e. The highest BCUT2D eigenvalue weighted by molar-refractivity contribution is 7.92. The minimum absolute atomic E-state index is 0.0480. The van der Waals surface area contributed by atoms with Crippen LogP contribution < -0.4 is 9.46 Å². The molecule has 0 aromatic heterocycles. The molecule has 174 valence electrons. The molecule has 0 atom stereocenters. The zero-order valence-electron chi connectivity index (χ0n) is 19.1. The molecule has 2 aromatic rings. The molecule has 1 aliphatic carbocycles. The van der Waals surface area contributed by atoms with Crippen LogP contribution in [-0.2, 0) is 10.0 Å². The molecule has 0 unspecified atom stereocenters. The van der Waals surface area contributed by atoms with Gasteiger partial charge in [0.25, 0.3) is 15.9 Å². The van der Waals surface area contributed by atoms with Gasteiger partial charge in [-0.15, -0.1) is 0 Å². The topological polar surface area (TPSA) is 78.9 Å². The maximum absolute atomic E-state index is 12.9. The molecule has 1 fully saturated rings. The lowest BCUT2D eigenvalue weighted by Gasteiger charge is -2.32. The van der Waals surface area contributed by atoms with E-state index in [1.807, 2.05) is 0 Å². The molecule has 0 spiro atoms. The van der Waals surface area contributed by atoms with Crippen molar-refractivity contribution < 1.29 is 17.9 Å². The van der Waals surface area contributed by atoms with Crippen molar-refractivity contribution >= 4 is 21.6 Å². The number of likely N-dealkylation sites (N-methyl/N-ethyl adjacent to an activating group) is 2. The average molecular weight is 460 g/mol. The second-order valence-corrected chi connectivity index (χ2v) is 10.0. The Morgan fingerprint density at radius 2 is 1.72 bits per heavy atom. The number of sulfonamides is 1. The van der Waals surface area contributed by atoms with Crippen LogP contribution in [-0.4, -0.2) is 64.5 Å². The largest absolute Gasteiger partial charge is 0.497 e. The van der Waals surface area contributed by atoms with Gasteiger partial charge in [0, 0.05) is 37.4 Å². The van der Waals surface area contributed by atoms with Crippen molar-refractivity contribution in [3.05, 3.63) is 54.1 Å². The Morgan fingerprint density at radius 3 is 2.38 bits per heavy atom. The Labute approximate surface area is 191 Å². The summed E-state index contributed by atoms with van der Waals surface area (Å²) < 4.78 is 33.3. The number of carbonyl (C=O) groups is 1. The standard InChI is InChI=1S/C24H33N3O4S/c1-26(21-9-5-4-6-10-21)16-17-27(2)24(28)19-8-7-11-23(18-19)32(29,30)25-20-12-14-22(31-3)15-13-20/h7-8,11-15,18,21,25H,4-6,9-10,16-17H2,1-3H3. The number of anilines is 1. The monoisotopic (exact) mass is 459 g/mol. The molecule has 1 aliphatic rings. The summed E-state index contributed by atoms with van der Waals surface area (Å²) in [5, 5.41) is 0. The number of nitrogens with one attached hydrogen (secondary N) is 1. The molecule has 0 radical (unpaired) electrons. The van der Waals surface area contributed by atoms with Crippen molar-refractivity contribution in [1.82, 2.24) is 9.80 Å². The highest BCUT2D eigenvalue weighted by Crippen LogP contribution is 2.22. The van der Waals surface area contributed by atoms with Gasteiger partial charge in [-0.05, 0) is 62.4 Å². The lowest BCUT2D eigenvalue weighted by atomic mass is 9.94. The highest BCUT2D eigenvalue weighted by Gasteiger charge is 2.21. The normalized spacial score (nSPS) is 14.9. The van der Waals surface area contributed by atoms with Crippen molar-refractivity contribution in [3.8, 4) is 5.75 Å². The van der Waals surface area contributed by atoms with E-state index < -0.39 is 10.0 Å². The number of rotatable bonds is 9. The third-order valence-electron chi connectivity index (χ3n) is 6.07. The summed E-state index contributed by atoms with van der Waals surface area (Å²) >= 11 is 0. The summed E-state index contributed by atoms with van der Waals surface area (Å²) in [5.74, 6) is 0.446. The second kappa shape index (κ2) is 10.8. The maximum Gasteiger partial charge on any atom is 0.261 e. The van der Waals surface area contributed by atoms with E-state index in [2.05, 4.69) is 16.7 Å². The zero-order valence-corrected chi connectivity index (χ0v) is 19.9. The Balaban J connectivity index is 1.63. The first-order chi connectivity index (χ1) is 15.3. The van der Waals surface area contributed by atoms with E-state index in [9.17, 15) is 13.2 Å². The van der Waals surface area contributed by atoms with E-state index in [-0.39, 0.29) is 10.8 Å². The van der Waals surface area contributed by atoms with E-state index in [0.717, 1.165) is 6.54 Å². The molecule has 3 rings (SSSR count). The van der Waals surface area contributed by atoms with Crippen LogP contribution in [0.3, 0.4) is 0 Å². The third kappa shape index (κ3) is 6.23. The molecule has 0 aliphatic heterocycles. The molecule has 0 bridgehead atoms. The Morgan fingerprint density at radius 1 is 1.03 bits per heavy atom. The molecular weight excluding hydrogens is 426 g/mol. The van der Waals surface area contributed by atoms with E-state index in [1.165, 1.54) is 44.2 Å². The zero-order chi connectivity index (χ0) is 23.1. The summed E-state index contributed by atoms with van der Waals surface area (Å²) in [7, 11) is 1.60. The van der Waals surface area contributed by atoms with Gasteiger partial charge in [-0.3, -0.25) is 9.52 Å². The number of benzene rings is 2. The Bertz CT molecular complexity index is 1000. The molecule has 0 heterocycles. The number of nitrogens with zero attached hydrogens (tertiary/aromatic N) is 2. The van der Waals surface area contributed by atoms with Gasteiger partial charge in [0.15, 0.2) is 0 Å². The van der Waals surface area contributed by atoms with Crippen molar-refractivity contribution in [2.45, 2.75) is 43.0 Å². The number of hydrogen-bond donors (Lipinski definition) is 1. The van der Waals surface area contributed by atoms with E-state index >= 15 is 0 Å². The second-order valence-electron chi connectivity index (χ2n) is 8.36. The predicted octanol–water partition coefficient (Wildman–Crippen LogP) is 3.83. The molecule has 0 saturated heterocycles. The minimum Gasteiger partial charge on any atom is -0.497 e. The van der Waals surface area contributed by atoms with Crippen LogP contribution in [0.25, 0.3) is 0 Å². The highest BCUT2D eigenvalue weighted by atomic mass is 32.2. The molecule has 1 saturated carbocycles. The van der Waals surface area contributed by atoms with Gasteiger partial charge in [-0.2, -0.15) is 0 Å². The van der Waals surface area contributed by atoms with Crippen LogP contribution in [0.4, 0.5) is 5.69 Å². The van der Waals surface area contributed by atoms with Gasteiger partial charge >= 0.3 is 0 Å². The van der Waals surface area contributed by atoms with Crippen molar-refractivity contribution in [2.75, 3.05) is 39.0 Å². The number of ether oxygens (including phenoxy) is 1. The number of methoxy groups -OCH3 is 1. The molecule has 7 nitrogen and oxygen atoms in total. The van der Waals surface area contributed by atoms with Gasteiger partial charge in [0.05, 0.1) is 12.0 Å². The Kier molecular flexibility index (Phi) is 8.15. The van der Waals surface area contributed by atoms with Crippen molar-refractivity contribution in [2.24, 2.45) is 0 Å². The quantitative estimate of drug-likeness (QED) is 0.617. The minimum atomic E-state index is -3.82. The lowest BCUT2D eigenvalue weighted by molar-refractivity contribution is 0.0767. The first-order valence-electron chi connectivity index (χ1n) is 11.0. The molecule has 1 amide bonds. The summed E-state index contributed by atoms with van der Waals surface area (Å²) in [5.41, 5.74) is 0.774. The fourth-order valence-electron chi connectivity index (χ4n) is 4.00. The predicted molar refractivity (Wildman–Crippen MR) is 127 cm³/mol. The van der Waals surface area contributed by atoms with Crippen LogP contribution in [0.5, 0.6) is 5.75 Å². The van der Waals surface area contributed by atoms with Crippen LogP contribution in [0.2, 0.25) is 0 Å². The molecule has 8 heteroatoms. The molecule has 1 N–H and O–H groups in total. The molecular formula is C24H33N3O4S. The van der Waals surface area contributed by atoms with Gasteiger partial charge in [-0.25, -0.2) is 8.42 Å². The first kappa shape index (κ1) is 24.1. The van der Waals surface area contributed by atoms with Gasteiger partial charge in [0.2, 0.25) is 0 Å². The van der Waals surface area contributed by atoms with E-state index in [0.29, 0.717) is 29.6 Å². The SMILES string of the molecule is COc1ccc(NS(=O)(=O)c2cccc(C(=O)N(C)CCN(C)C3CCCCC3)c2)cc1. The van der Waals surface area contributed by atoms with Gasteiger partial charge in [-0.1, -0.05) is 25.3 Å². The van der Waals surface area contributed by atoms with Gasteiger partial charge in [0.1, 0.15) is 5.75 Å². The molecule has 32 heavy (non-hydrogen) atoms. The third-order valence-corrected chi connectivity index (χ3v) is 7.45. The fraction of sp³-hybridized carbons (Fsp3) is 0.458.